The molecule has 2 N–H and O–H groups in total. The van der Waals surface area contributed by atoms with Gasteiger partial charge in [-0.3, -0.25) is 4.79 Å². The van der Waals surface area contributed by atoms with E-state index in [2.05, 4.69) is 18.8 Å². The van der Waals surface area contributed by atoms with Gasteiger partial charge in [0.2, 0.25) is 0 Å². The van der Waals surface area contributed by atoms with Gasteiger partial charge < -0.3 is 19.7 Å². The monoisotopic (exact) mass is 280 g/mol. The number of aromatic nitrogens is 1. The van der Waals surface area contributed by atoms with Gasteiger partial charge >= 0.3 is 0 Å². The normalized spacial score (nSPS) is 18.2. The third-order valence-corrected chi connectivity index (χ3v) is 3.89. The minimum atomic E-state index is -0.822. The number of aliphatic hydroxyl groups is 1. The highest BCUT2D eigenvalue weighted by Crippen LogP contribution is 2.23. The van der Waals surface area contributed by atoms with Crippen LogP contribution in [0, 0.1) is 0 Å². The third-order valence-electron chi connectivity index (χ3n) is 3.89. The first kappa shape index (κ1) is 15.1. The van der Waals surface area contributed by atoms with E-state index in [4.69, 9.17) is 4.74 Å². The molecule has 2 rings (SSSR count). The van der Waals surface area contributed by atoms with E-state index in [1.54, 1.807) is 18.1 Å². The molecule has 0 aliphatic carbocycles. The molecule has 1 amide bonds. The van der Waals surface area contributed by atoms with Crippen LogP contribution < -0.4 is 0 Å². The first-order chi connectivity index (χ1) is 9.43. The van der Waals surface area contributed by atoms with Gasteiger partial charge in [-0.05, 0) is 12.0 Å². The molecule has 5 heteroatoms. The van der Waals surface area contributed by atoms with Crippen molar-refractivity contribution in [3.05, 3.63) is 23.5 Å². The molecule has 2 heterocycles. The summed E-state index contributed by atoms with van der Waals surface area (Å²) >= 11 is 0. The van der Waals surface area contributed by atoms with Gasteiger partial charge in [0, 0.05) is 51.5 Å². The summed E-state index contributed by atoms with van der Waals surface area (Å²) in [5.74, 6) is 0.221. The number of hydrogen-bond acceptors (Lipinski definition) is 3. The maximum atomic E-state index is 12.5. The van der Waals surface area contributed by atoms with Crippen molar-refractivity contribution in [3.8, 4) is 0 Å². The van der Waals surface area contributed by atoms with Crippen molar-refractivity contribution in [1.29, 1.82) is 0 Å². The summed E-state index contributed by atoms with van der Waals surface area (Å²) in [5, 5.41) is 10.5. The molecule has 1 aliphatic rings. The Labute approximate surface area is 119 Å². The second-order valence-corrected chi connectivity index (χ2v) is 5.96. The summed E-state index contributed by atoms with van der Waals surface area (Å²) in [5.41, 5.74) is 0.815. The molecule has 0 atom stereocenters. The highest BCUT2D eigenvalue weighted by molar-refractivity contribution is 5.95. The lowest BCUT2D eigenvalue weighted by Gasteiger charge is -2.35. The van der Waals surface area contributed by atoms with Crippen LogP contribution in [0.25, 0.3) is 0 Å². The van der Waals surface area contributed by atoms with E-state index in [9.17, 15) is 9.90 Å². The highest BCUT2D eigenvalue weighted by Gasteiger charge is 2.33. The van der Waals surface area contributed by atoms with Crippen LogP contribution in [0.1, 0.15) is 48.7 Å². The number of aromatic amines is 1. The zero-order valence-electron chi connectivity index (χ0n) is 12.5. The van der Waals surface area contributed by atoms with E-state index in [1.165, 1.54) is 0 Å². The number of carbonyl (C=O) groups is 1. The van der Waals surface area contributed by atoms with Gasteiger partial charge in [0.05, 0.1) is 11.2 Å². The highest BCUT2D eigenvalue weighted by atomic mass is 16.5. The lowest BCUT2D eigenvalue weighted by molar-refractivity contribution is -0.0734. The summed E-state index contributed by atoms with van der Waals surface area (Å²) in [4.78, 5) is 17.2. The van der Waals surface area contributed by atoms with Crippen molar-refractivity contribution in [3.63, 3.8) is 0 Å². The fraction of sp³-hybridized carbons (Fsp3) is 0.667. The van der Waals surface area contributed by atoms with Crippen LogP contribution in [0.3, 0.4) is 0 Å². The third kappa shape index (κ3) is 3.22. The molecule has 112 valence electrons. The number of nitrogens with zero attached hydrogens (tertiary/aromatic N) is 1. The molecule has 1 aromatic rings. The van der Waals surface area contributed by atoms with Gasteiger partial charge in [-0.25, -0.2) is 0 Å². The Hall–Kier alpha value is -1.33. The van der Waals surface area contributed by atoms with E-state index in [0.717, 1.165) is 5.69 Å². The molecule has 0 spiro atoms. The fourth-order valence-corrected chi connectivity index (χ4v) is 2.67. The number of ether oxygens (including phenoxy) is 1. The van der Waals surface area contributed by atoms with Crippen LogP contribution in [-0.4, -0.2) is 53.3 Å². The number of rotatable bonds is 4. The molecule has 0 unspecified atom stereocenters. The Kier molecular flexibility index (Phi) is 4.50. The zero-order chi connectivity index (χ0) is 14.8. The minimum Gasteiger partial charge on any atom is -0.388 e. The summed E-state index contributed by atoms with van der Waals surface area (Å²) in [6.07, 6.45) is 2.95. The van der Waals surface area contributed by atoms with E-state index < -0.39 is 5.60 Å². The second kappa shape index (κ2) is 5.97. The van der Waals surface area contributed by atoms with Crippen molar-refractivity contribution >= 4 is 5.91 Å². The fourth-order valence-electron chi connectivity index (χ4n) is 2.67. The number of likely N-dealkylation sites (N-methyl/N-ethyl adjacent to an activating group) is 1. The van der Waals surface area contributed by atoms with Crippen molar-refractivity contribution < 1.29 is 14.6 Å². The van der Waals surface area contributed by atoms with E-state index in [-0.39, 0.29) is 11.8 Å². The van der Waals surface area contributed by atoms with Crippen molar-refractivity contribution in [2.24, 2.45) is 0 Å². The molecule has 20 heavy (non-hydrogen) atoms. The molecule has 0 saturated carbocycles. The SMILES string of the molecule is CC(C)c1[nH]ccc1C(=O)N(C)CC1(O)CCOCC1. The number of H-pyrrole nitrogens is 1. The standard InChI is InChI=1S/C15H24N2O3/c1-11(2)13-12(4-7-16-13)14(18)17(3)10-15(19)5-8-20-9-6-15/h4,7,11,16,19H,5-6,8-10H2,1-3H3. The topological polar surface area (TPSA) is 65.6 Å². The molecule has 0 bridgehead atoms. The first-order valence-electron chi connectivity index (χ1n) is 7.16. The molecule has 5 nitrogen and oxygen atoms in total. The van der Waals surface area contributed by atoms with Gasteiger partial charge in [-0.2, -0.15) is 0 Å². The van der Waals surface area contributed by atoms with E-state index >= 15 is 0 Å². The van der Waals surface area contributed by atoms with Gasteiger partial charge in [0.15, 0.2) is 0 Å². The summed E-state index contributed by atoms with van der Waals surface area (Å²) in [6.45, 7) is 5.56. The van der Waals surface area contributed by atoms with Crippen LogP contribution in [0.5, 0.6) is 0 Å². The number of amides is 1. The quantitative estimate of drug-likeness (QED) is 0.883. The van der Waals surface area contributed by atoms with Gasteiger partial charge in [0.1, 0.15) is 0 Å². The van der Waals surface area contributed by atoms with Crippen LogP contribution in [-0.2, 0) is 4.74 Å². The van der Waals surface area contributed by atoms with Crippen LogP contribution in [0.4, 0.5) is 0 Å². The molecular formula is C15H24N2O3. The smallest absolute Gasteiger partial charge is 0.255 e. The molecule has 0 radical (unpaired) electrons. The Morgan fingerprint density at radius 2 is 2.15 bits per heavy atom. The van der Waals surface area contributed by atoms with Crippen molar-refractivity contribution in [2.75, 3.05) is 26.8 Å². The first-order valence-corrected chi connectivity index (χ1v) is 7.16. The largest absolute Gasteiger partial charge is 0.388 e. The van der Waals surface area contributed by atoms with Crippen molar-refractivity contribution in [1.82, 2.24) is 9.88 Å². The Morgan fingerprint density at radius 1 is 1.50 bits per heavy atom. The lowest BCUT2D eigenvalue weighted by Crippen LogP contribution is -2.47. The maximum Gasteiger partial charge on any atom is 0.255 e. The number of nitrogens with one attached hydrogen (secondary N) is 1. The Bertz CT molecular complexity index is 461. The van der Waals surface area contributed by atoms with Crippen LogP contribution in [0.2, 0.25) is 0 Å². The molecule has 1 fully saturated rings. The molecule has 1 aliphatic heterocycles. The lowest BCUT2D eigenvalue weighted by atomic mass is 9.93. The number of carbonyl (C=O) groups excluding carboxylic acids is 1. The predicted octanol–water partition coefficient (Wildman–Crippen LogP) is 1.75. The average Bonchev–Trinajstić information content (AvgIpc) is 2.87. The van der Waals surface area contributed by atoms with Gasteiger partial charge in [-0.1, -0.05) is 13.8 Å². The average molecular weight is 280 g/mol. The summed E-state index contributed by atoms with van der Waals surface area (Å²) in [6, 6.07) is 1.81. The van der Waals surface area contributed by atoms with E-state index in [1.807, 2.05) is 6.07 Å². The Balaban J connectivity index is 2.06. The maximum absolute atomic E-state index is 12.5. The summed E-state index contributed by atoms with van der Waals surface area (Å²) in [7, 11) is 1.74. The summed E-state index contributed by atoms with van der Waals surface area (Å²) < 4.78 is 5.26. The molecular weight excluding hydrogens is 256 g/mol. The molecule has 1 aromatic heterocycles. The zero-order valence-corrected chi connectivity index (χ0v) is 12.5. The van der Waals surface area contributed by atoms with Gasteiger partial charge in [-0.15, -0.1) is 0 Å². The van der Waals surface area contributed by atoms with E-state index in [0.29, 0.717) is 38.2 Å². The van der Waals surface area contributed by atoms with Crippen LogP contribution in [0.15, 0.2) is 12.3 Å². The van der Waals surface area contributed by atoms with Crippen molar-refractivity contribution in [2.45, 2.75) is 38.2 Å². The number of hydrogen-bond donors (Lipinski definition) is 2. The minimum absolute atomic E-state index is 0.0464. The second-order valence-electron chi connectivity index (χ2n) is 5.96. The van der Waals surface area contributed by atoms with Crippen LogP contribution >= 0.6 is 0 Å². The Morgan fingerprint density at radius 3 is 2.75 bits per heavy atom. The molecule has 0 aromatic carbocycles. The van der Waals surface area contributed by atoms with Gasteiger partial charge in [0.25, 0.3) is 5.91 Å². The molecule has 1 saturated heterocycles. The predicted molar refractivity (Wildman–Crippen MR) is 76.8 cm³/mol.